The first-order valence-electron chi connectivity index (χ1n) is 10.6. The van der Waals surface area contributed by atoms with Gasteiger partial charge in [-0.3, -0.25) is 4.79 Å². The second-order valence-corrected chi connectivity index (χ2v) is 8.03. The fourth-order valence-corrected chi connectivity index (χ4v) is 4.73. The van der Waals surface area contributed by atoms with Crippen LogP contribution in [0.15, 0.2) is 84.4 Å². The average Bonchev–Trinajstić information content (AvgIpc) is 3.20. The van der Waals surface area contributed by atoms with E-state index in [4.69, 9.17) is 14.2 Å². The van der Waals surface area contributed by atoms with Crippen LogP contribution < -0.4 is 4.74 Å². The van der Waals surface area contributed by atoms with Crippen LogP contribution in [0.25, 0.3) is 5.76 Å². The number of carbonyl (C=O) groups excluding carboxylic acids is 1. The van der Waals surface area contributed by atoms with Gasteiger partial charge in [-0.15, -0.1) is 0 Å². The van der Waals surface area contributed by atoms with Crippen LogP contribution in [0.1, 0.15) is 29.0 Å². The lowest BCUT2D eigenvalue weighted by Crippen LogP contribution is -2.46. The van der Waals surface area contributed by atoms with Gasteiger partial charge in [0.1, 0.15) is 17.3 Å². The second-order valence-electron chi connectivity index (χ2n) is 8.03. The van der Waals surface area contributed by atoms with E-state index in [-0.39, 0.29) is 12.3 Å². The quantitative estimate of drug-likeness (QED) is 0.514. The summed E-state index contributed by atoms with van der Waals surface area (Å²) < 4.78 is 31.2. The van der Waals surface area contributed by atoms with Crippen LogP contribution in [0.4, 0.5) is 4.39 Å². The fraction of sp³-hybridized carbons (Fsp3) is 0.185. The number of halogens is 1. The van der Waals surface area contributed by atoms with Crippen LogP contribution in [0.2, 0.25) is 0 Å². The predicted octanol–water partition coefficient (Wildman–Crippen LogP) is 5.30. The summed E-state index contributed by atoms with van der Waals surface area (Å²) >= 11 is 0. The number of esters is 1. The van der Waals surface area contributed by atoms with Crippen LogP contribution >= 0.6 is 0 Å². The van der Waals surface area contributed by atoms with E-state index in [0.717, 1.165) is 5.56 Å². The topological polar surface area (TPSA) is 68.6 Å². The monoisotopic (exact) mass is 441 g/mol. The Balaban J connectivity index is 1.72. The van der Waals surface area contributed by atoms with Crippen molar-refractivity contribution in [3.63, 3.8) is 0 Å². The molecule has 0 spiro atoms. The molecule has 0 aliphatic carbocycles. The number of nitrogens with zero attached hydrogens (tertiary/aromatic N) is 1. The van der Waals surface area contributed by atoms with Crippen molar-refractivity contribution in [2.45, 2.75) is 18.1 Å². The number of hydrogen-bond donors (Lipinski definition) is 0. The summed E-state index contributed by atoms with van der Waals surface area (Å²) in [4.78, 5) is 12.9. The third-order valence-corrected chi connectivity index (χ3v) is 6.22. The first-order chi connectivity index (χ1) is 16.1. The van der Waals surface area contributed by atoms with Crippen molar-refractivity contribution < 1.29 is 23.4 Å². The maximum absolute atomic E-state index is 13.6. The van der Waals surface area contributed by atoms with E-state index in [1.165, 1.54) is 12.1 Å². The lowest BCUT2D eigenvalue weighted by Gasteiger charge is -2.42. The molecule has 3 aromatic rings. The second kappa shape index (κ2) is 8.10. The largest absolute Gasteiger partial charge is 0.497 e. The molecule has 0 radical (unpaired) electrons. The Morgan fingerprint density at radius 2 is 1.70 bits per heavy atom. The number of methoxy groups -OCH3 is 1. The van der Waals surface area contributed by atoms with Gasteiger partial charge in [-0.1, -0.05) is 42.5 Å². The standard InChI is InChI=1S/C27H20FNO4/c1-31-21-13-9-17(10-14-21)22-15-24(30)32-27(19-5-3-2-4-6-19)25(22)23(16-29)26(33-27)18-7-11-20(28)12-8-18/h2-14,22,25H,15H2,1H3/t22-,25+,27-/m1/s1. The van der Waals surface area contributed by atoms with Crippen LogP contribution in [0, 0.1) is 23.1 Å². The highest BCUT2D eigenvalue weighted by molar-refractivity contribution is 5.77. The van der Waals surface area contributed by atoms with Gasteiger partial charge in [0.05, 0.1) is 31.1 Å². The molecule has 0 bridgehead atoms. The predicted molar refractivity (Wildman–Crippen MR) is 118 cm³/mol. The molecule has 2 aliphatic rings. The molecule has 5 nitrogen and oxygen atoms in total. The summed E-state index contributed by atoms with van der Waals surface area (Å²) in [5.74, 6) is -2.30. The van der Waals surface area contributed by atoms with E-state index < -0.39 is 23.5 Å². The molecule has 3 aromatic carbocycles. The van der Waals surface area contributed by atoms with E-state index in [1.807, 2.05) is 54.6 Å². The molecule has 2 heterocycles. The third kappa shape index (κ3) is 3.42. The average molecular weight is 441 g/mol. The normalized spacial score (nSPS) is 23.8. The zero-order chi connectivity index (χ0) is 23.0. The molecule has 0 aromatic heterocycles. The highest BCUT2D eigenvalue weighted by Gasteiger charge is 2.61. The van der Waals surface area contributed by atoms with Gasteiger partial charge in [-0.05, 0) is 42.0 Å². The molecule has 0 N–H and O–H groups in total. The van der Waals surface area contributed by atoms with E-state index in [2.05, 4.69) is 6.07 Å². The smallest absolute Gasteiger partial charge is 0.310 e. The van der Waals surface area contributed by atoms with Gasteiger partial charge in [0, 0.05) is 17.0 Å². The van der Waals surface area contributed by atoms with Crippen molar-refractivity contribution in [1.82, 2.24) is 0 Å². The third-order valence-electron chi connectivity index (χ3n) is 6.22. The van der Waals surface area contributed by atoms with Crippen LogP contribution in [0.5, 0.6) is 5.75 Å². The number of fused-ring (bicyclic) bond motifs is 1. The Labute approximate surface area is 190 Å². The molecule has 0 amide bonds. The number of nitriles is 1. The molecule has 1 saturated heterocycles. The summed E-state index contributed by atoms with van der Waals surface area (Å²) in [6.07, 6.45) is 0.0941. The van der Waals surface area contributed by atoms with E-state index in [9.17, 15) is 14.4 Å². The van der Waals surface area contributed by atoms with Gasteiger partial charge >= 0.3 is 5.97 Å². The van der Waals surface area contributed by atoms with Gasteiger partial charge in [0.15, 0.2) is 0 Å². The Bertz CT molecular complexity index is 1260. The molecule has 2 aliphatic heterocycles. The van der Waals surface area contributed by atoms with E-state index in [0.29, 0.717) is 28.2 Å². The van der Waals surface area contributed by atoms with Crippen LogP contribution in [-0.2, 0) is 20.1 Å². The van der Waals surface area contributed by atoms with Crippen molar-refractivity contribution in [2.24, 2.45) is 5.92 Å². The highest BCUT2D eigenvalue weighted by Crippen LogP contribution is 2.58. The summed E-state index contributed by atoms with van der Waals surface area (Å²) in [7, 11) is 1.59. The Kier molecular flexibility index (Phi) is 5.10. The molecule has 0 saturated carbocycles. The summed E-state index contributed by atoms with van der Waals surface area (Å²) in [6.45, 7) is 0. The van der Waals surface area contributed by atoms with Crippen molar-refractivity contribution in [3.8, 4) is 11.8 Å². The number of ether oxygens (including phenoxy) is 3. The maximum atomic E-state index is 13.6. The van der Waals surface area contributed by atoms with Crippen molar-refractivity contribution in [1.29, 1.82) is 5.26 Å². The molecule has 33 heavy (non-hydrogen) atoms. The maximum Gasteiger partial charge on any atom is 0.310 e. The molecular formula is C27H20FNO4. The number of carbonyl (C=O) groups is 1. The molecule has 1 fully saturated rings. The molecular weight excluding hydrogens is 421 g/mol. The summed E-state index contributed by atoms with van der Waals surface area (Å²) in [5.41, 5.74) is 2.40. The molecule has 6 heteroatoms. The Morgan fingerprint density at radius 1 is 1.00 bits per heavy atom. The summed E-state index contributed by atoms with van der Waals surface area (Å²) in [5, 5.41) is 10.2. The first kappa shape index (κ1) is 20.8. The van der Waals surface area contributed by atoms with E-state index >= 15 is 0 Å². The van der Waals surface area contributed by atoms with Crippen molar-refractivity contribution >= 4 is 11.7 Å². The number of benzene rings is 3. The molecule has 3 atom stereocenters. The first-order valence-corrected chi connectivity index (χ1v) is 10.6. The van der Waals surface area contributed by atoms with Gasteiger partial charge in [-0.25, -0.2) is 4.39 Å². The zero-order valence-electron chi connectivity index (χ0n) is 17.8. The van der Waals surface area contributed by atoms with E-state index in [1.54, 1.807) is 19.2 Å². The van der Waals surface area contributed by atoms with Gasteiger partial charge in [0.25, 0.3) is 5.79 Å². The fourth-order valence-electron chi connectivity index (χ4n) is 4.73. The molecule has 5 rings (SSSR count). The minimum absolute atomic E-state index is 0.0941. The zero-order valence-corrected chi connectivity index (χ0v) is 17.8. The lowest BCUT2D eigenvalue weighted by atomic mass is 9.72. The highest BCUT2D eigenvalue weighted by atomic mass is 19.1. The van der Waals surface area contributed by atoms with Crippen LogP contribution in [0.3, 0.4) is 0 Å². The Hall–Kier alpha value is -4.11. The van der Waals surface area contributed by atoms with Crippen molar-refractivity contribution in [3.05, 3.63) is 107 Å². The summed E-state index contributed by atoms with van der Waals surface area (Å²) in [6, 6.07) is 24.6. The lowest BCUT2D eigenvalue weighted by molar-refractivity contribution is -0.238. The molecule has 164 valence electrons. The molecule has 0 unspecified atom stereocenters. The van der Waals surface area contributed by atoms with Gasteiger partial charge < -0.3 is 14.2 Å². The number of hydrogen-bond acceptors (Lipinski definition) is 5. The Morgan fingerprint density at radius 3 is 2.33 bits per heavy atom. The SMILES string of the molecule is COc1ccc([C@H]2CC(=O)O[C@]3(c4ccccc4)OC(c4ccc(F)cc4)=C(C#N)[C@H]23)cc1. The van der Waals surface area contributed by atoms with Gasteiger partial charge in [0.2, 0.25) is 0 Å². The van der Waals surface area contributed by atoms with Crippen molar-refractivity contribution in [2.75, 3.05) is 7.11 Å². The van der Waals surface area contributed by atoms with Crippen LogP contribution in [-0.4, -0.2) is 13.1 Å². The van der Waals surface area contributed by atoms with Gasteiger partial charge in [-0.2, -0.15) is 5.26 Å². The minimum atomic E-state index is -1.50. The number of rotatable bonds is 4. The minimum Gasteiger partial charge on any atom is -0.497 e.